The number of aromatic nitrogens is 2. The monoisotopic (exact) mass is 459 g/mol. The van der Waals surface area contributed by atoms with Crippen molar-refractivity contribution in [3.05, 3.63) is 28.5 Å². The molecule has 2 amide bonds. The fourth-order valence-electron chi connectivity index (χ4n) is 3.68. The molecule has 0 radical (unpaired) electrons. The molecule has 0 saturated carbocycles. The number of aliphatic hydroxyl groups excluding tert-OH is 1. The van der Waals surface area contributed by atoms with Gasteiger partial charge in [-0.2, -0.15) is 0 Å². The number of nitrogens with zero attached hydrogens (tertiary/aromatic N) is 3. The summed E-state index contributed by atoms with van der Waals surface area (Å²) < 4.78 is 0. The van der Waals surface area contributed by atoms with Crippen LogP contribution in [0.2, 0.25) is 0 Å². The highest BCUT2D eigenvalue weighted by molar-refractivity contribution is 7.17. The zero-order valence-corrected chi connectivity index (χ0v) is 20.5. The van der Waals surface area contributed by atoms with Crippen LogP contribution in [0.3, 0.4) is 0 Å². The lowest BCUT2D eigenvalue weighted by Gasteiger charge is -2.22. The molecule has 0 spiro atoms. The average molecular weight is 460 g/mol. The first-order valence-electron chi connectivity index (χ1n) is 11.0. The molecule has 1 saturated heterocycles. The van der Waals surface area contributed by atoms with Crippen LogP contribution in [0.15, 0.2) is 12.3 Å². The largest absolute Gasteiger partial charge is 0.392 e. The Morgan fingerprint density at radius 3 is 2.66 bits per heavy atom. The quantitative estimate of drug-likeness (QED) is 0.611. The van der Waals surface area contributed by atoms with Crippen LogP contribution in [-0.4, -0.2) is 62.6 Å². The SMILES string of the molecule is Cc1cc(NC(C)(C)C)ncc1-c1sc(C(=O)NC[C@H](C)O)nc1C(=O)N1CCC[C@@H]1C. The Balaban J connectivity index is 2.01. The van der Waals surface area contributed by atoms with E-state index >= 15 is 0 Å². The Hall–Kier alpha value is -2.52. The number of anilines is 1. The number of aliphatic hydroxyl groups is 1. The highest BCUT2D eigenvalue weighted by atomic mass is 32.1. The van der Waals surface area contributed by atoms with Gasteiger partial charge in [0.25, 0.3) is 11.8 Å². The van der Waals surface area contributed by atoms with Gasteiger partial charge in [-0.3, -0.25) is 9.59 Å². The summed E-state index contributed by atoms with van der Waals surface area (Å²) in [5.74, 6) is 0.189. The smallest absolute Gasteiger partial charge is 0.280 e. The van der Waals surface area contributed by atoms with Crippen LogP contribution in [0.5, 0.6) is 0 Å². The van der Waals surface area contributed by atoms with Crippen LogP contribution in [0.1, 0.15) is 73.3 Å². The first-order chi connectivity index (χ1) is 15.0. The third kappa shape index (κ3) is 5.63. The molecule has 0 bridgehead atoms. The molecule has 0 aromatic carbocycles. The summed E-state index contributed by atoms with van der Waals surface area (Å²) in [6.07, 6.45) is 2.99. The van der Waals surface area contributed by atoms with E-state index in [2.05, 4.69) is 41.4 Å². The van der Waals surface area contributed by atoms with Crippen LogP contribution in [0.25, 0.3) is 10.4 Å². The lowest BCUT2D eigenvalue weighted by atomic mass is 10.1. The summed E-state index contributed by atoms with van der Waals surface area (Å²) in [4.78, 5) is 37.5. The third-order valence-electron chi connectivity index (χ3n) is 5.25. The maximum atomic E-state index is 13.4. The van der Waals surface area contributed by atoms with E-state index in [1.807, 2.05) is 24.8 Å². The summed E-state index contributed by atoms with van der Waals surface area (Å²) in [5, 5.41) is 15.7. The second-order valence-electron chi connectivity index (χ2n) is 9.51. The van der Waals surface area contributed by atoms with Crippen molar-refractivity contribution in [2.75, 3.05) is 18.4 Å². The van der Waals surface area contributed by atoms with E-state index in [1.165, 1.54) is 11.3 Å². The van der Waals surface area contributed by atoms with Gasteiger partial charge in [-0.25, -0.2) is 9.97 Å². The number of aryl methyl sites for hydroxylation is 1. The van der Waals surface area contributed by atoms with Crippen LogP contribution < -0.4 is 10.6 Å². The van der Waals surface area contributed by atoms with E-state index in [4.69, 9.17) is 0 Å². The number of amides is 2. The van der Waals surface area contributed by atoms with Crippen molar-refractivity contribution in [2.24, 2.45) is 0 Å². The number of likely N-dealkylation sites (tertiary alicyclic amines) is 1. The van der Waals surface area contributed by atoms with E-state index in [0.717, 1.165) is 29.8 Å². The minimum Gasteiger partial charge on any atom is -0.392 e. The van der Waals surface area contributed by atoms with Crippen molar-refractivity contribution in [1.82, 2.24) is 20.2 Å². The van der Waals surface area contributed by atoms with Crippen LogP contribution in [0, 0.1) is 6.92 Å². The van der Waals surface area contributed by atoms with Gasteiger partial charge in [0.2, 0.25) is 0 Å². The second kappa shape index (κ2) is 9.54. The van der Waals surface area contributed by atoms with Crippen molar-refractivity contribution in [3.8, 4) is 10.4 Å². The van der Waals surface area contributed by atoms with E-state index < -0.39 is 12.0 Å². The number of carbonyl (C=O) groups excluding carboxylic acids is 2. The first kappa shape index (κ1) is 24.1. The predicted octanol–water partition coefficient (Wildman–Crippen LogP) is 3.46. The molecule has 1 aliphatic rings. The molecule has 0 aliphatic carbocycles. The molecule has 32 heavy (non-hydrogen) atoms. The summed E-state index contributed by atoms with van der Waals surface area (Å²) >= 11 is 1.18. The number of hydrogen-bond donors (Lipinski definition) is 3. The van der Waals surface area contributed by atoms with Gasteiger partial charge in [0.1, 0.15) is 11.5 Å². The Kier molecular flexibility index (Phi) is 7.19. The Morgan fingerprint density at radius 1 is 1.38 bits per heavy atom. The summed E-state index contributed by atoms with van der Waals surface area (Å²) in [5.41, 5.74) is 1.88. The Bertz CT molecular complexity index is 996. The molecule has 0 unspecified atom stereocenters. The molecular weight excluding hydrogens is 426 g/mol. The van der Waals surface area contributed by atoms with Crippen molar-refractivity contribution in [2.45, 2.75) is 72.1 Å². The molecule has 9 heteroatoms. The lowest BCUT2D eigenvalue weighted by Crippen LogP contribution is -2.34. The summed E-state index contributed by atoms with van der Waals surface area (Å²) in [6, 6.07) is 2.09. The molecule has 1 fully saturated rings. The molecule has 2 atom stereocenters. The van der Waals surface area contributed by atoms with Gasteiger partial charge >= 0.3 is 0 Å². The molecule has 174 valence electrons. The van der Waals surface area contributed by atoms with Gasteiger partial charge in [-0.1, -0.05) is 0 Å². The maximum absolute atomic E-state index is 13.4. The van der Waals surface area contributed by atoms with Crippen molar-refractivity contribution >= 4 is 29.0 Å². The zero-order chi connectivity index (χ0) is 23.6. The van der Waals surface area contributed by atoms with Crippen molar-refractivity contribution < 1.29 is 14.7 Å². The zero-order valence-electron chi connectivity index (χ0n) is 19.7. The Labute approximate surface area is 193 Å². The molecule has 8 nitrogen and oxygen atoms in total. The lowest BCUT2D eigenvalue weighted by molar-refractivity contribution is 0.0743. The average Bonchev–Trinajstić information content (AvgIpc) is 3.31. The molecule has 3 rings (SSSR count). The van der Waals surface area contributed by atoms with Crippen molar-refractivity contribution in [1.29, 1.82) is 0 Å². The molecule has 2 aromatic heterocycles. The minimum atomic E-state index is -0.667. The van der Waals surface area contributed by atoms with Gasteiger partial charge in [-0.15, -0.1) is 11.3 Å². The first-order valence-corrected chi connectivity index (χ1v) is 11.8. The summed E-state index contributed by atoms with van der Waals surface area (Å²) in [6.45, 7) is 12.6. The highest BCUT2D eigenvalue weighted by Gasteiger charge is 2.32. The van der Waals surface area contributed by atoms with Gasteiger partial charge < -0.3 is 20.6 Å². The van der Waals surface area contributed by atoms with Gasteiger partial charge in [0.05, 0.1) is 11.0 Å². The predicted molar refractivity (Wildman–Crippen MR) is 127 cm³/mol. The van der Waals surface area contributed by atoms with E-state index in [1.54, 1.807) is 13.1 Å². The molecule has 2 aromatic rings. The van der Waals surface area contributed by atoms with Gasteiger partial charge in [0.15, 0.2) is 5.01 Å². The maximum Gasteiger partial charge on any atom is 0.280 e. The number of rotatable bonds is 6. The van der Waals surface area contributed by atoms with Crippen LogP contribution in [0.4, 0.5) is 5.82 Å². The highest BCUT2D eigenvalue weighted by Crippen LogP contribution is 2.35. The van der Waals surface area contributed by atoms with Crippen LogP contribution >= 0.6 is 11.3 Å². The van der Waals surface area contributed by atoms with Crippen LogP contribution in [-0.2, 0) is 0 Å². The molecule has 1 aliphatic heterocycles. The Morgan fingerprint density at radius 2 is 2.09 bits per heavy atom. The van der Waals surface area contributed by atoms with Gasteiger partial charge in [-0.05, 0) is 66.0 Å². The summed E-state index contributed by atoms with van der Waals surface area (Å²) in [7, 11) is 0. The normalized spacial score (nSPS) is 17.3. The molecule has 3 heterocycles. The second-order valence-corrected chi connectivity index (χ2v) is 10.5. The third-order valence-corrected chi connectivity index (χ3v) is 6.34. The van der Waals surface area contributed by atoms with Crippen molar-refractivity contribution in [3.63, 3.8) is 0 Å². The van der Waals surface area contributed by atoms with E-state index in [-0.39, 0.29) is 34.7 Å². The fourth-order valence-corrected chi connectivity index (χ4v) is 4.73. The standard InChI is InChI=1S/C23H33N5O3S/c1-13-10-17(27-23(4,5)6)24-12-16(13)19-18(22(31)28-9-7-8-14(28)2)26-21(32-19)20(30)25-11-15(3)29/h10,12,14-15,29H,7-9,11H2,1-6H3,(H,24,27)(H,25,30)/t14-,15-/m0/s1. The fraction of sp³-hybridized carbons (Fsp3) is 0.565. The number of carbonyl (C=O) groups is 2. The van der Waals surface area contributed by atoms with E-state index in [9.17, 15) is 14.7 Å². The van der Waals surface area contributed by atoms with E-state index in [0.29, 0.717) is 11.4 Å². The number of hydrogen-bond acceptors (Lipinski definition) is 7. The minimum absolute atomic E-state index is 0.119. The number of pyridine rings is 1. The topological polar surface area (TPSA) is 107 Å². The molecular formula is C23H33N5O3S. The van der Waals surface area contributed by atoms with Gasteiger partial charge in [0, 0.05) is 36.4 Å². The molecule has 3 N–H and O–H groups in total. The number of thiazole rings is 1. The number of nitrogens with one attached hydrogen (secondary N) is 2.